The van der Waals surface area contributed by atoms with Crippen molar-refractivity contribution in [1.82, 2.24) is 24.8 Å². The van der Waals surface area contributed by atoms with Crippen molar-refractivity contribution >= 4 is 28.7 Å². The maximum Gasteiger partial charge on any atom is 0.321 e. The lowest BCUT2D eigenvalue weighted by Gasteiger charge is -2.37. The molecule has 2 aliphatic rings. The Balaban J connectivity index is 1.16. The smallest absolute Gasteiger partial charge is 0.321 e. The molecule has 8 heteroatoms. The van der Waals surface area contributed by atoms with E-state index in [1.165, 1.54) is 0 Å². The van der Waals surface area contributed by atoms with Crippen molar-refractivity contribution in [3.8, 4) is 0 Å². The molecule has 2 fully saturated rings. The maximum atomic E-state index is 13.2. The highest BCUT2D eigenvalue weighted by atomic mass is 16.2. The first-order chi connectivity index (χ1) is 15.7. The van der Waals surface area contributed by atoms with Gasteiger partial charge in [-0.05, 0) is 43.9 Å². The molecule has 0 aliphatic carbocycles. The van der Waals surface area contributed by atoms with Crippen LogP contribution in [-0.2, 0) is 4.79 Å². The number of carbonyl (C=O) groups excluding carboxylic acids is 2. The van der Waals surface area contributed by atoms with Crippen LogP contribution in [0, 0.1) is 5.92 Å². The third-order valence-corrected chi connectivity index (χ3v) is 6.58. The van der Waals surface area contributed by atoms with Gasteiger partial charge < -0.3 is 20.1 Å². The number of fused-ring (bicyclic) bond motifs is 1. The third kappa shape index (κ3) is 4.30. The second-order valence-corrected chi connectivity index (χ2v) is 8.70. The van der Waals surface area contributed by atoms with Crippen LogP contribution in [0.2, 0.25) is 0 Å². The Hall–Kier alpha value is -3.42. The molecule has 2 aliphatic heterocycles. The van der Waals surface area contributed by atoms with E-state index in [0.29, 0.717) is 19.0 Å². The summed E-state index contributed by atoms with van der Waals surface area (Å²) in [6.07, 6.45) is 7.02. The monoisotopic (exact) mass is 432 g/mol. The minimum atomic E-state index is -0.133. The maximum absolute atomic E-state index is 13.2. The van der Waals surface area contributed by atoms with Crippen LogP contribution < -0.4 is 5.32 Å². The molecule has 0 saturated carbocycles. The summed E-state index contributed by atoms with van der Waals surface area (Å²) >= 11 is 0. The first-order valence-corrected chi connectivity index (χ1v) is 11.4. The van der Waals surface area contributed by atoms with Crippen LogP contribution in [0.15, 0.2) is 48.8 Å². The fraction of sp³-hybridized carbons (Fsp3) is 0.417. The zero-order valence-corrected chi connectivity index (χ0v) is 18.0. The number of nitrogens with zero attached hydrogens (tertiary/aromatic N) is 4. The van der Waals surface area contributed by atoms with E-state index in [-0.39, 0.29) is 17.9 Å². The SMILES string of the molecule is O=C(Nc1ccccc1)N1CCCC(C(=O)N2CCC(c3nc4ccncc4[nH]3)CC2)C1. The van der Waals surface area contributed by atoms with Crippen LogP contribution in [0.1, 0.15) is 37.4 Å². The van der Waals surface area contributed by atoms with Crippen molar-refractivity contribution in [2.24, 2.45) is 5.92 Å². The van der Waals surface area contributed by atoms with Crippen LogP contribution in [0.3, 0.4) is 0 Å². The van der Waals surface area contributed by atoms with Crippen molar-refractivity contribution in [2.75, 3.05) is 31.5 Å². The number of amides is 3. The van der Waals surface area contributed by atoms with Gasteiger partial charge in [-0.1, -0.05) is 18.2 Å². The Labute approximate surface area is 187 Å². The molecule has 0 spiro atoms. The summed E-state index contributed by atoms with van der Waals surface area (Å²) in [6.45, 7) is 2.62. The highest BCUT2D eigenvalue weighted by Gasteiger charge is 2.33. The number of piperidine rings is 2. The van der Waals surface area contributed by atoms with E-state index in [1.54, 1.807) is 17.3 Å². The van der Waals surface area contributed by atoms with Gasteiger partial charge in [0, 0.05) is 44.0 Å². The topological polar surface area (TPSA) is 94.2 Å². The fourth-order valence-corrected chi connectivity index (χ4v) is 4.79. The summed E-state index contributed by atoms with van der Waals surface area (Å²) in [7, 11) is 0. The molecule has 1 atom stereocenters. The average molecular weight is 433 g/mol. The zero-order chi connectivity index (χ0) is 21.9. The summed E-state index contributed by atoms with van der Waals surface area (Å²) in [5.74, 6) is 1.36. The molecule has 32 heavy (non-hydrogen) atoms. The molecule has 2 saturated heterocycles. The van der Waals surface area contributed by atoms with E-state index in [9.17, 15) is 9.59 Å². The number of imidazole rings is 1. The number of nitrogens with one attached hydrogen (secondary N) is 2. The lowest BCUT2D eigenvalue weighted by atomic mass is 9.92. The average Bonchev–Trinajstić information content (AvgIpc) is 3.29. The van der Waals surface area contributed by atoms with E-state index in [1.807, 2.05) is 41.3 Å². The molecular formula is C24H28N6O2. The number of aromatic amines is 1. The molecule has 8 nitrogen and oxygen atoms in total. The van der Waals surface area contributed by atoms with E-state index < -0.39 is 0 Å². The summed E-state index contributed by atoms with van der Waals surface area (Å²) in [5, 5.41) is 2.93. The molecule has 0 radical (unpaired) electrons. The molecule has 0 bridgehead atoms. The predicted molar refractivity (Wildman–Crippen MR) is 122 cm³/mol. The fourth-order valence-electron chi connectivity index (χ4n) is 4.79. The number of H-pyrrole nitrogens is 1. The number of urea groups is 1. The number of aromatic nitrogens is 3. The van der Waals surface area contributed by atoms with E-state index in [2.05, 4.69) is 15.3 Å². The van der Waals surface area contributed by atoms with Crippen LogP contribution in [0.5, 0.6) is 0 Å². The first kappa shape index (κ1) is 20.5. The van der Waals surface area contributed by atoms with Crippen molar-refractivity contribution in [3.05, 3.63) is 54.6 Å². The van der Waals surface area contributed by atoms with Crippen molar-refractivity contribution < 1.29 is 9.59 Å². The van der Waals surface area contributed by atoms with Crippen LogP contribution in [0.25, 0.3) is 11.0 Å². The van der Waals surface area contributed by atoms with Gasteiger partial charge in [-0.3, -0.25) is 9.78 Å². The highest BCUT2D eigenvalue weighted by molar-refractivity contribution is 5.90. The Bertz CT molecular complexity index is 1060. The van der Waals surface area contributed by atoms with Crippen LogP contribution in [0.4, 0.5) is 10.5 Å². The summed E-state index contributed by atoms with van der Waals surface area (Å²) in [6, 6.07) is 11.2. The Kier molecular flexibility index (Phi) is 5.75. The molecule has 4 heterocycles. The lowest BCUT2D eigenvalue weighted by molar-refractivity contribution is -0.138. The van der Waals surface area contributed by atoms with Crippen molar-refractivity contribution in [3.63, 3.8) is 0 Å². The molecule has 1 aromatic carbocycles. The number of hydrogen-bond acceptors (Lipinski definition) is 4. The normalized spacial score (nSPS) is 19.8. The Morgan fingerprint density at radius 1 is 1.00 bits per heavy atom. The largest absolute Gasteiger partial charge is 0.342 e. The zero-order valence-electron chi connectivity index (χ0n) is 18.0. The van der Waals surface area contributed by atoms with E-state index in [0.717, 1.165) is 61.3 Å². The van der Waals surface area contributed by atoms with Gasteiger partial charge in [-0.15, -0.1) is 0 Å². The number of pyridine rings is 1. The molecule has 3 amide bonds. The number of rotatable bonds is 3. The summed E-state index contributed by atoms with van der Waals surface area (Å²) in [5.41, 5.74) is 2.66. The number of benzene rings is 1. The van der Waals surface area contributed by atoms with E-state index in [4.69, 9.17) is 4.98 Å². The van der Waals surface area contributed by atoms with Gasteiger partial charge in [0.15, 0.2) is 0 Å². The second-order valence-electron chi connectivity index (χ2n) is 8.70. The van der Waals surface area contributed by atoms with Gasteiger partial charge in [0.2, 0.25) is 5.91 Å². The molecule has 2 aromatic heterocycles. The first-order valence-electron chi connectivity index (χ1n) is 11.4. The van der Waals surface area contributed by atoms with Gasteiger partial charge in [-0.25, -0.2) is 9.78 Å². The van der Waals surface area contributed by atoms with Gasteiger partial charge in [0.25, 0.3) is 0 Å². The van der Waals surface area contributed by atoms with Gasteiger partial charge in [0.05, 0.1) is 23.1 Å². The molecule has 166 valence electrons. The third-order valence-electron chi connectivity index (χ3n) is 6.58. The molecule has 3 aromatic rings. The Morgan fingerprint density at radius 3 is 2.59 bits per heavy atom. The minimum absolute atomic E-state index is 0.126. The van der Waals surface area contributed by atoms with Crippen molar-refractivity contribution in [2.45, 2.75) is 31.6 Å². The number of para-hydroxylation sites is 1. The summed E-state index contributed by atoms with van der Waals surface area (Å²) < 4.78 is 0. The van der Waals surface area contributed by atoms with E-state index >= 15 is 0 Å². The molecular weight excluding hydrogens is 404 g/mol. The number of likely N-dealkylation sites (tertiary alicyclic amines) is 2. The molecule has 5 rings (SSSR count). The second kappa shape index (κ2) is 8.98. The minimum Gasteiger partial charge on any atom is -0.342 e. The van der Waals surface area contributed by atoms with Crippen LogP contribution >= 0.6 is 0 Å². The summed E-state index contributed by atoms with van der Waals surface area (Å²) in [4.78, 5) is 41.8. The molecule has 1 unspecified atom stereocenters. The predicted octanol–water partition coefficient (Wildman–Crippen LogP) is 3.61. The van der Waals surface area contributed by atoms with Gasteiger partial charge in [-0.2, -0.15) is 0 Å². The number of hydrogen-bond donors (Lipinski definition) is 2. The lowest BCUT2D eigenvalue weighted by Crippen LogP contribution is -2.49. The highest BCUT2D eigenvalue weighted by Crippen LogP contribution is 2.29. The van der Waals surface area contributed by atoms with Gasteiger partial charge >= 0.3 is 6.03 Å². The quantitative estimate of drug-likeness (QED) is 0.661. The van der Waals surface area contributed by atoms with Crippen LogP contribution in [-0.4, -0.2) is 62.9 Å². The number of carbonyl (C=O) groups is 2. The number of anilines is 1. The molecule has 2 N–H and O–H groups in total. The van der Waals surface area contributed by atoms with Crippen molar-refractivity contribution in [1.29, 1.82) is 0 Å². The Morgan fingerprint density at radius 2 is 1.81 bits per heavy atom. The standard InChI is InChI=1S/C24H28N6O2/c31-23(18-5-4-12-30(16-18)24(32)26-19-6-2-1-3-7-19)29-13-9-17(10-14-29)22-27-20-8-11-25-15-21(20)28-22/h1-3,6-8,11,15,17-18H,4-5,9-10,12-14,16H2,(H,26,32)(H,27,28). The van der Waals surface area contributed by atoms with Gasteiger partial charge in [0.1, 0.15) is 5.82 Å².